The maximum absolute atomic E-state index is 11.7. The minimum atomic E-state index is -0.308. The van der Waals surface area contributed by atoms with Crippen molar-refractivity contribution in [3.05, 3.63) is 40.9 Å². The van der Waals surface area contributed by atoms with E-state index >= 15 is 0 Å². The van der Waals surface area contributed by atoms with Crippen molar-refractivity contribution >= 4 is 23.3 Å². The van der Waals surface area contributed by atoms with E-state index in [4.69, 9.17) is 16.1 Å². The number of hydrogen-bond acceptors (Lipinski definition) is 4. The van der Waals surface area contributed by atoms with Crippen LogP contribution in [0.2, 0.25) is 5.15 Å². The van der Waals surface area contributed by atoms with E-state index in [1.165, 1.54) is 6.20 Å². The van der Waals surface area contributed by atoms with E-state index in [0.717, 1.165) is 0 Å². The van der Waals surface area contributed by atoms with Gasteiger partial charge in [-0.1, -0.05) is 16.8 Å². The van der Waals surface area contributed by atoms with Crippen LogP contribution in [0.4, 0.5) is 5.82 Å². The number of carbonyl (C=O) groups is 1. The molecule has 0 aliphatic carbocycles. The maximum Gasteiger partial charge on any atom is 0.258 e. The summed E-state index contributed by atoms with van der Waals surface area (Å²) in [5.41, 5.74) is 0.407. The van der Waals surface area contributed by atoms with Crippen molar-refractivity contribution in [1.82, 2.24) is 10.1 Å². The molecule has 0 atom stereocenters. The van der Waals surface area contributed by atoms with Gasteiger partial charge in [-0.2, -0.15) is 0 Å². The highest BCUT2D eigenvalue weighted by atomic mass is 35.5. The Balaban J connectivity index is 2.11. The summed E-state index contributed by atoms with van der Waals surface area (Å²) >= 11 is 5.61. The van der Waals surface area contributed by atoms with Crippen molar-refractivity contribution in [2.75, 3.05) is 5.32 Å². The maximum atomic E-state index is 11.7. The van der Waals surface area contributed by atoms with Crippen LogP contribution < -0.4 is 5.32 Å². The third-order valence-electron chi connectivity index (χ3n) is 1.86. The van der Waals surface area contributed by atoms with Crippen molar-refractivity contribution in [1.29, 1.82) is 0 Å². The largest absolute Gasteiger partial charge is 0.360 e. The third-order valence-corrected chi connectivity index (χ3v) is 2.08. The Hall–Kier alpha value is -1.88. The monoisotopic (exact) mass is 237 g/mol. The van der Waals surface area contributed by atoms with Crippen LogP contribution in [-0.2, 0) is 0 Å². The minimum absolute atomic E-state index is 0.308. The van der Waals surface area contributed by atoms with Gasteiger partial charge >= 0.3 is 0 Å². The second-order valence-electron chi connectivity index (χ2n) is 3.15. The van der Waals surface area contributed by atoms with Gasteiger partial charge in [-0.3, -0.25) is 4.79 Å². The lowest BCUT2D eigenvalue weighted by atomic mass is 10.3. The molecular formula is C10H8ClN3O2. The van der Waals surface area contributed by atoms with Crippen molar-refractivity contribution in [3.63, 3.8) is 0 Å². The Morgan fingerprint density at radius 3 is 2.88 bits per heavy atom. The highest BCUT2D eigenvalue weighted by Gasteiger charge is 2.08. The van der Waals surface area contributed by atoms with Crippen molar-refractivity contribution in [2.45, 2.75) is 6.92 Å². The van der Waals surface area contributed by atoms with Crippen molar-refractivity contribution in [2.24, 2.45) is 0 Å². The van der Waals surface area contributed by atoms with E-state index in [1.807, 2.05) is 0 Å². The van der Waals surface area contributed by atoms with Crippen LogP contribution in [0.25, 0.3) is 0 Å². The number of rotatable bonds is 2. The second-order valence-corrected chi connectivity index (χ2v) is 3.53. The summed E-state index contributed by atoms with van der Waals surface area (Å²) in [6, 6.07) is 4.75. The molecule has 2 rings (SSSR count). The summed E-state index contributed by atoms with van der Waals surface area (Å²) in [7, 11) is 0. The lowest BCUT2D eigenvalue weighted by Crippen LogP contribution is -2.12. The Morgan fingerprint density at radius 1 is 1.50 bits per heavy atom. The lowest BCUT2D eigenvalue weighted by Gasteiger charge is -2.00. The number of halogens is 1. The van der Waals surface area contributed by atoms with Gasteiger partial charge in [-0.05, 0) is 19.1 Å². The van der Waals surface area contributed by atoms with E-state index in [-0.39, 0.29) is 5.91 Å². The molecule has 1 amide bonds. The first-order valence-corrected chi connectivity index (χ1v) is 4.89. The smallest absolute Gasteiger partial charge is 0.258 e. The quantitative estimate of drug-likeness (QED) is 0.814. The Kier molecular flexibility index (Phi) is 2.87. The SMILES string of the molecule is Cc1cc(NC(=O)c2ccc(Cl)nc2)no1. The summed E-state index contributed by atoms with van der Waals surface area (Å²) < 4.78 is 4.82. The zero-order chi connectivity index (χ0) is 11.5. The molecule has 0 spiro atoms. The zero-order valence-corrected chi connectivity index (χ0v) is 9.15. The highest BCUT2D eigenvalue weighted by Crippen LogP contribution is 2.10. The molecule has 0 bridgehead atoms. The molecule has 2 heterocycles. The topological polar surface area (TPSA) is 68.0 Å². The fraction of sp³-hybridized carbons (Fsp3) is 0.100. The average Bonchev–Trinajstić information content (AvgIpc) is 2.65. The Labute approximate surface area is 96.4 Å². The highest BCUT2D eigenvalue weighted by molar-refractivity contribution is 6.29. The van der Waals surface area contributed by atoms with Gasteiger partial charge in [0.25, 0.3) is 5.91 Å². The number of amides is 1. The van der Waals surface area contributed by atoms with Gasteiger partial charge in [0.2, 0.25) is 0 Å². The van der Waals surface area contributed by atoms with E-state index in [2.05, 4.69) is 15.5 Å². The summed E-state index contributed by atoms with van der Waals surface area (Å²) in [6.07, 6.45) is 1.39. The minimum Gasteiger partial charge on any atom is -0.360 e. The molecule has 0 unspecified atom stereocenters. The van der Waals surface area contributed by atoms with Crippen LogP contribution in [0.15, 0.2) is 28.9 Å². The molecule has 82 valence electrons. The van der Waals surface area contributed by atoms with E-state index in [0.29, 0.717) is 22.3 Å². The van der Waals surface area contributed by atoms with Crippen LogP contribution in [0.3, 0.4) is 0 Å². The molecule has 2 aromatic heterocycles. The van der Waals surface area contributed by atoms with Crippen LogP contribution in [0.1, 0.15) is 16.1 Å². The van der Waals surface area contributed by atoms with Crippen LogP contribution >= 0.6 is 11.6 Å². The fourth-order valence-corrected chi connectivity index (χ4v) is 1.24. The number of pyridine rings is 1. The van der Waals surface area contributed by atoms with E-state index in [1.54, 1.807) is 25.1 Å². The summed E-state index contributed by atoms with van der Waals surface area (Å²) in [4.78, 5) is 15.5. The second kappa shape index (κ2) is 4.32. The molecular weight excluding hydrogens is 230 g/mol. The van der Waals surface area contributed by atoms with E-state index < -0.39 is 0 Å². The molecule has 0 aliphatic heterocycles. The van der Waals surface area contributed by atoms with Crippen molar-refractivity contribution < 1.29 is 9.32 Å². The Bertz CT molecular complexity index is 507. The van der Waals surface area contributed by atoms with Gasteiger partial charge in [0.05, 0.1) is 5.56 Å². The molecule has 0 aliphatic rings. The van der Waals surface area contributed by atoms with Crippen LogP contribution in [-0.4, -0.2) is 16.0 Å². The van der Waals surface area contributed by atoms with Gasteiger partial charge in [-0.25, -0.2) is 4.98 Å². The molecule has 0 fully saturated rings. The summed E-state index contributed by atoms with van der Waals surface area (Å²) in [5.74, 6) is 0.694. The molecule has 0 radical (unpaired) electrons. The predicted molar refractivity (Wildman–Crippen MR) is 58.4 cm³/mol. The third kappa shape index (κ3) is 2.38. The zero-order valence-electron chi connectivity index (χ0n) is 8.40. The van der Waals surface area contributed by atoms with Gasteiger partial charge in [0.1, 0.15) is 10.9 Å². The number of hydrogen-bond donors (Lipinski definition) is 1. The van der Waals surface area contributed by atoms with Crippen molar-refractivity contribution in [3.8, 4) is 0 Å². The molecule has 1 N–H and O–H groups in total. The number of aryl methyl sites for hydroxylation is 1. The summed E-state index contributed by atoms with van der Waals surface area (Å²) in [5, 5.41) is 6.56. The first-order valence-electron chi connectivity index (χ1n) is 4.51. The normalized spacial score (nSPS) is 10.1. The van der Waals surface area contributed by atoms with Gasteiger partial charge in [-0.15, -0.1) is 0 Å². The number of nitrogens with zero attached hydrogens (tertiary/aromatic N) is 2. The van der Waals surface area contributed by atoms with Gasteiger partial charge in [0.15, 0.2) is 5.82 Å². The fourth-order valence-electron chi connectivity index (χ4n) is 1.12. The first kappa shape index (κ1) is 10.6. The van der Waals surface area contributed by atoms with Crippen LogP contribution in [0.5, 0.6) is 0 Å². The van der Waals surface area contributed by atoms with Crippen LogP contribution in [0, 0.1) is 6.92 Å². The average molecular weight is 238 g/mol. The number of nitrogens with one attached hydrogen (secondary N) is 1. The van der Waals surface area contributed by atoms with Gasteiger partial charge in [0, 0.05) is 12.3 Å². The molecule has 0 saturated carbocycles. The number of carbonyl (C=O) groups excluding carboxylic acids is 1. The Morgan fingerprint density at radius 2 is 2.31 bits per heavy atom. The molecule has 0 aromatic carbocycles. The molecule has 2 aromatic rings. The molecule has 0 saturated heterocycles. The summed E-state index contributed by atoms with van der Waals surface area (Å²) in [6.45, 7) is 1.74. The van der Waals surface area contributed by atoms with E-state index in [9.17, 15) is 4.79 Å². The number of aromatic nitrogens is 2. The number of anilines is 1. The predicted octanol–water partition coefficient (Wildman–Crippen LogP) is 2.28. The molecule has 6 heteroatoms. The van der Waals surface area contributed by atoms with Gasteiger partial charge < -0.3 is 9.84 Å². The molecule has 5 nitrogen and oxygen atoms in total. The molecule has 16 heavy (non-hydrogen) atoms. The lowest BCUT2D eigenvalue weighted by molar-refractivity contribution is 0.102. The standard InChI is InChI=1S/C10H8ClN3O2/c1-6-4-9(14-16-6)13-10(15)7-2-3-8(11)12-5-7/h2-5H,1H3,(H,13,14,15). The first-order chi connectivity index (χ1) is 7.65.